The standard InChI is InChI=1S/C22H22N4O2/c1-28-19-9-7-16(8-10-19)20-22(23-15-27)21(25-24-20)17-11-13-26(14-12-17)18-5-3-2-4-6-18/h2-10,17H,11-14H2,1H3,(H,24,25). The molecule has 6 nitrogen and oxygen atoms in total. The summed E-state index contributed by atoms with van der Waals surface area (Å²) in [5, 5.41) is 7.60. The number of ether oxygens (including phenoxy) is 1. The van der Waals surface area contributed by atoms with Crippen molar-refractivity contribution in [3.63, 3.8) is 0 Å². The Morgan fingerprint density at radius 1 is 1.11 bits per heavy atom. The molecule has 1 aromatic heterocycles. The van der Waals surface area contributed by atoms with Crippen LogP contribution in [0.25, 0.3) is 11.3 Å². The highest BCUT2D eigenvalue weighted by molar-refractivity contribution is 5.76. The van der Waals surface area contributed by atoms with E-state index in [0.717, 1.165) is 42.9 Å². The molecule has 28 heavy (non-hydrogen) atoms. The van der Waals surface area contributed by atoms with E-state index >= 15 is 0 Å². The van der Waals surface area contributed by atoms with Gasteiger partial charge in [0.05, 0.1) is 12.8 Å². The van der Waals surface area contributed by atoms with Crippen LogP contribution < -0.4 is 9.64 Å². The van der Waals surface area contributed by atoms with Gasteiger partial charge in [-0.05, 0) is 49.2 Å². The highest BCUT2D eigenvalue weighted by Crippen LogP contribution is 2.39. The third-order valence-electron chi connectivity index (χ3n) is 5.31. The molecule has 2 heterocycles. The number of nitrogens with zero attached hydrogens (tertiary/aromatic N) is 3. The fourth-order valence-electron chi connectivity index (χ4n) is 3.81. The number of rotatable bonds is 5. The minimum atomic E-state index is 0.284. The van der Waals surface area contributed by atoms with Crippen LogP contribution in [-0.4, -0.2) is 36.5 Å². The molecule has 4 rings (SSSR count). The number of hydrogen-bond donors (Lipinski definition) is 1. The zero-order chi connectivity index (χ0) is 19.3. The minimum absolute atomic E-state index is 0.284. The number of carbonyl (C=O) groups excluding carboxylic acids is 1. The SMILES string of the molecule is COc1ccc(-c2n[nH]c(C3CCN(c4ccccc4)CC3)c2N=C=O)cc1. The Morgan fingerprint density at radius 3 is 2.46 bits per heavy atom. The van der Waals surface area contributed by atoms with E-state index < -0.39 is 0 Å². The van der Waals surface area contributed by atoms with Crippen molar-refractivity contribution in [2.75, 3.05) is 25.1 Å². The van der Waals surface area contributed by atoms with Crippen LogP contribution in [0.1, 0.15) is 24.5 Å². The van der Waals surface area contributed by atoms with Crippen molar-refractivity contribution in [3.8, 4) is 17.0 Å². The van der Waals surface area contributed by atoms with E-state index in [1.165, 1.54) is 5.69 Å². The van der Waals surface area contributed by atoms with E-state index in [-0.39, 0.29) is 5.92 Å². The summed E-state index contributed by atoms with van der Waals surface area (Å²) in [6.45, 7) is 1.91. The van der Waals surface area contributed by atoms with Gasteiger partial charge >= 0.3 is 0 Å². The quantitative estimate of drug-likeness (QED) is 0.529. The van der Waals surface area contributed by atoms with Crippen molar-refractivity contribution >= 4 is 17.5 Å². The Bertz CT molecular complexity index is 968. The number of hydrogen-bond acceptors (Lipinski definition) is 5. The number of benzene rings is 2. The predicted molar refractivity (Wildman–Crippen MR) is 109 cm³/mol. The molecule has 0 atom stereocenters. The molecule has 0 bridgehead atoms. The normalized spacial score (nSPS) is 14.5. The number of anilines is 1. The summed E-state index contributed by atoms with van der Waals surface area (Å²) in [7, 11) is 1.63. The van der Waals surface area contributed by atoms with Gasteiger partial charge in [0.15, 0.2) is 0 Å². The van der Waals surface area contributed by atoms with Gasteiger partial charge in [-0.1, -0.05) is 18.2 Å². The number of aromatic nitrogens is 2. The van der Waals surface area contributed by atoms with Gasteiger partial charge in [-0.3, -0.25) is 5.10 Å². The molecule has 0 spiro atoms. The number of piperidine rings is 1. The maximum absolute atomic E-state index is 11.1. The largest absolute Gasteiger partial charge is 0.497 e. The summed E-state index contributed by atoms with van der Waals surface area (Å²) in [4.78, 5) is 17.4. The molecule has 0 unspecified atom stereocenters. The molecule has 2 aromatic carbocycles. The summed E-state index contributed by atoms with van der Waals surface area (Å²) in [6.07, 6.45) is 3.64. The van der Waals surface area contributed by atoms with Gasteiger partial charge in [-0.15, -0.1) is 0 Å². The van der Waals surface area contributed by atoms with Gasteiger partial charge < -0.3 is 9.64 Å². The molecule has 3 aromatic rings. The van der Waals surface area contributed by atoms with Gasteiger partial charge in [-0.25, -0.2) is 4.79 Å². The lowest BCUT2D eigenvalue weighted by Crippen LogP contribution is -2.32. The summed E-state index contributed by atoms with van der Waals surface area (Å²) >= 11 is 0. The van der Waals surface area contributed by atoms with Gasteiger partial charge in [0.2, 0.25) is 6.08 Å². The van der Waals surface area contributed by atoms with Gasteiger partial charge in [0.1, 0.15) is 17.1 Å². The molecule has 1 N–H and O–H groups in total. The van der Waals surface area contributed by atoms with E-state index in [4.69, 9.17) is 4.74 Å². The molecule has 0 aliphatic carbocycles. The first-order valence-electron chi connectivity index (χ1n) is 9.40. The van der Waals surface area contributed by atoms with Gasteiger partial charge in [0.25, 0.3) is 0 Å². The van der Waals surface area contributed by atoms with Crippen LogP contribution in [0.2, 0.25) is 0 Å². The highest BCUT2D eigenvalue weighted by Gasteiger charge is 2.26. The number of H-pyrrole nitrogens is 1. The van der Waals surface area contributed by atoms with Crippen LogP contribution in [0.3, 0.4) is 0 Å². The number of aliphatic imine (C=N–C) groups is 1. The minimum Gasteiger partial charge on any atom is -0.497 e. The maximum Gasteiger partial charge on any atom is 0.240 e. The average Bonchev–Trinajstić information content (AvgIpc) is 3.18. The summed E-state index contributed by atoms with van der Waals surface area (Å²) in [5.41, 5.74) is 4.32. The molecule has 0 amide bonds. The second-order valence-electron chi connectivity index (χ2n) is 6.86. The first kappa shape index (κ1) is 18.0. The van der Waals surface area contributed by atoms with Gasteiger partial charge in [0, 0.05) is 30.3 Å². The molecule has 1 saturated heterocycles. The first-order valence-corrected chi connectivity index (χ1v) is 9.40. The molecule has 1 aliphatic heterocycles. The third kappa shape index (κ3) is 3.55. The van der Waals surface area contributed by atoms with Crippen LogP contribution in [0.4, 0.5) is 11.4 Å². The monoisotopic (exact) mass is 374 g/mol. The van der Waals surface area contributed by atoms with E-state index in [0.29, 0.717) is 11.4 Å². The van der Waals surface area contributed by atoms with E-state index in [2.05, 4.69) is 44.4 Å². The fourth-order valence-corrected chi connectivity index (χ4v) is 3.81. The van der Waals surface area contributed by atoms with E-state index in [1.807, 2.05) is 30.3 Å². The Labute approximate surface area is 163 Å². The molecule has 6 heteroatoms. The molecule has 0 radical (unpaired) electrons. The van der Waals surface area contributed by atoms with Crippen molar-refractivity contribution in [2.24, 2.45) is 4.99 Å². The maximum atomic E-state index is 11.1. The van der Waals surface area contributed by atoms with Crippen LogP contribution in [-0.2, 0) is 4.79 Å². The van der Waals surface area contributed by atoms with Crippen molar-refractivity contribution in [1.82, 2.24) is 10.2 Å². The number of para-hydroxylation sites is 1. The van der Waals surface area contributed by atoms with Crippen molar-refractivity contribution < 1.29 is 9.53 Å². The second-order valence-corrected chi connectivity index (χ2v) is 6.86. The number of nitrogens with one attached hydrogen (secondary N) is 1. The van der Waals surface area contributed by atoms with Crippen molar-refractivity contribution in [2.45, 2.75) is 18.8 Å². The Kier molecular flexibility index (Phi) is 5.22. The molecule has 0 saturated carbocycles. The number of methoxy groups -OCH3 is 1. The van der Waals surface area contributed by atoms with E-state index in [1.54, 1.807) is 13.2 Å². The summed E-state index contributed by atoms with van der Waals surface area (Å²) < 4.78 is 5.21. The zero-order valence-electron chi connectivity index (χ0n) is 15.8. The molecule has 1 fully saturated rings. The highest BCUT2D eigenvalue weighted by atomic mass is 16.5. The van der Waals surface area contributed by atoms with E-state index in [9.17, 15) is 4.79 Å². The van der Waals surface area contributed by atoms with Gasteiger partial charge in [-0.2, -0.15) is 10.1 Å². The molecule has 142 valence electrons. The summed E-state index contributed by atoms with van der Waals surface area (Å²) in [5.74, 6) is 1.06. The Balaban J connectivity index is 1.57. The lowest BCUT2D eigenvalue weighted by Gasteiger charge is -2.33. The summed E-state index contributed by atoms with van der Waals surface area (Å²) in [6, 6.07) is 18.0. The average molecular weight is 374 g/mol. The van der Waals surface area contributed by atoms with Crippen molar-refractivity contribution in [3.05, 3.63) is 60.3 Å². The van der Waals surface area contributed by atoms with Crippen LogP contribution >= 0.6 is 0 Å². The number of aromatic amines is 1. The van der Waals surface area contributed by atoms with Crippen molar-refractivity contribution in [1.29, 1.82) is 0 Å². The smallest absolute Gasteiger partial charge is 0.240 e. The first-order chi connectivity index (χ1) is 13.8. The fraction of sp³-hybridized carbons (Fsp3) is 0.273. The lowest BCUT2D eigenvalue weighted by molar-refractivity contribution is 0.415. The third-order valence-corrected chi connectivity index (χ3v) is 5.31. The Hall–Kier alpha value is -3.37. The van der Waals surface area contributed by atoms with Crippen LogP contribution in [0, 0.1) is 0 Å². The van der Waals surface area contributed by atoms with Crippen LogP contribution in [0.5, 0.6) is 5.75 Å². The topological polar surface area (TPSA) is 70.6 Å². The molecular formula is C22H22N4O2. The zero-order valence-corrected chi connectivity index (χ0v) is 15.8. The second kappa shape index (κ2) is 8.11. The lowest BCUT2D eigenvalue weighted by atomic mass is 9.91. The van der Waals surface area contributed by atoms with Crippen LogP contribution in [0.15, 0.2) is 59.6 Å². The predicted octanol–water partition coefficient (Wildman–Crippen LogP) is 4.44. The molecular weight excluding hydrogens is 352 g/mol. The number of isocyanates is 1. The Morgan fingerprint density at radius 2 is 1.82 bits per heavy atom. The molecule has 1 aliphatic rings.